The summed E-state index contributed by atoms with van der Waals surface area (Å²) in [6.45, 7) is 0. The first-order chi connectivity index (χ1) is 7.10. The molecule has 2 amide bonds. The number of amides is 2. The molecule has 0 rings (SSSR count). The lowest BCUT2D eigenvalue weighted by molar-refractivity contribution is -0.128. The van der Waals surface area contributed by atoms with E-state index >= 15 is 0 Å². The van der Waals surface area contributed by atoms with Crippen molar-refractivity contribution in [3.05, 3.63) is 0 Å². The Morgan fingerprint density at radius 2 is 1.60 bits per heavy atom. The third-order valence-electron chi connectivity index (χ3n) is 1.91. The molecule has 0 aromatic heterocycles. The first-order valence-corrected chi connectivity index (χ1v) is 5.78. The summed E-state index contributed by atoms with van der Waals surface area (Å²) in [5, 5.41) is 7.83. The van der Waals surface area contributed by atoms with Crippen LogP contribution in [0.3, 0.4) is 0 Å². The standard InChI is InChI=1S/C8H17N3O2S2/c1-9-5(3-14)8(13)11-6(4-15)7(12)10-2/h5-6,9,14-15H,3-4H2,1-2H3,(H,10,12)(H,11,13)/t5-,6-/m0/s1. The molecule has 0 aromatic carbocycles. The molecular formula is C8H17N3O2S2. The van der Waals surface area contributed by atoms with Crippen molar-refractivity contribution in [2.75, 3.05) is 25.6 Å². The molecule has 5 nitrogen and oxygen atoms in total. The molecule has 0 fully saturated rings. The van der Waals surface area contributed by atoms with Crippen molar-refractivity contribution >= 4 is 37.1 Å². The van der Waals surface area contributed by atoms with Crippen LogP contribution in [0.25, 0.3) is 0 Å². The molecule has 0 aromatic rings. The SMILES string of the molecule is CNC(=O)[C@H](CS)NC(=O)[C@H](CS)NC. The lowest BCUT2D eigenvalue weighted by Gasteiger charge is -2.19. The van der Waals surface area contributed by atoms with Gasteiger partial charge in [0.15, 0.2) is 0 Å². The zero-order valence-electron chi connectivity index (χ0n) is 8.78. The Morgan fingerprint density at radius 3 is 1.93 bits per heavy atom. The summed E-state index contributed by atoms with van der Waals surface area (Å²) in [7, 11) is 3.18. The fourth-order valence-electron chi connectivity index (χ4n) is 0.946. The van der Waals surface area contributed by atoms with Crippen LogP contribution in [0.15, 0.2) is 0 Å². The largest absolute Gasteiger partial charge is 0.357 e. The summed E-state index contributed by atoms with van der Waals surface area (Å²) >= 11 is 8.01. The number of hydrogen-bond donors (Lipinski definition) is 5. The minimum Gasteiger partial charge on any atom is -0.357 e. The highest BCUT2D eigenvalue weighted by molar-refractivity contribution is 7.80. The molecular weight excluding hydrogens is 234 g/mol. The van der Waals surface area contributed by atoms with Gasteiger partial charge in [0.25, 0.3) is 0 Å². The van der Waals surface area contributed by atoms with Crippen LogP contribution in [0.4, 0.5) is 0 Å². The molecule has 88 valence electrons. The molecule has 7 heteroatoms. The molecule has 2 atom stereocenters. The number of nitrogens with one attached hydrogen (secondary N) is 3. The summed E-state index contributed by atoms with van der Waals surface area (Å²) < 4.78 is 0. The van der Waals surface area contributed by atoms with Gasteiger partial charge in [-0.05, 0) is 7.05 Å². The summed E-state index contributed by atoms with van der Waals surface area (Å²) in [6.07, 6.45) is 0. The average molecular weight is 251 g/mol. The third-order valence-corrected chi connectivity index (χ3v) is 2.64. The van der Waals surface area contributed by atoms with Crippen LogP contribution in [0.5, 0.6) is 0 Å². The monoisotopic (exact) mass is 251 g/mol. The second-order valence-electron chi connectivity index (χ2n) is 2.88. The van der Waals surface area contributed by atoms with E-state index in [1.165, 1.54) is 7.05 Å². The molecule has 0 aliphatic carbocycles. The Kier molecular flexibility index (Phi) is 7.63. The van der Waals surface area contributed by atoms with E-state index in [1.807, 2.05) is 0 Å². The van der Waals surface area contributed by atoms with Crippen LogP contribution in [-0.2, 0) is 9.59 Å². The predicted molar refractivity (Wildman–Crippen MR) is 66.6 cm³/mol. The van der Waals surface area contributed by atoms with E-state index in [9.17, 15) is 9.59 Å². The second kappa shape index (κ2) is 7.84. The van der Waals surface area contributed by atoms with Crippen molar-refractivity contribution in [2.45, 2.75) is 12.1 Å². The Morgan fingerprint density at radius 1 is 1.07 bits per heavy atom. The summed E-state index contributed by atoms with van der Waals surface area (Å²) in [6, 6.07) is -1.01. The molecule has 0 unspecified atom stereocenters. The smallest absolute Gasteiger partial charge is 0.243 e. The highest BCUT2D eigenvalue weighted by Crippen LogP contribution is 1.92. The van der Waals surface area contributed by atoms with Gasteiger partial charge >= 0.3 is 0 Å². The zero-order valence-corrected chi connectivity index (χ0v) is 10.6. The van der Waals surface area contributed by atoms with Gasteiger partial charge in [0.2, 0.25) is 11.8 Å². The maximum atomic E-state index is 11.6. The normalized spacial score (nSPS) is 14.1. The number of carbonyl (C=O) groups excluding carboxylic acids is 2. The third kappa shape index (κ3) is 4.76. The molecule has 0 aliphatic rings. The van der Waals surface area contributed by atoms with E-state index in [4.69, 9.17) is 0 Å². The Balaban J connectivity index is 4.29. The van der Waals surface area contributed by atoms with Crippen molar-refractivity contribution < 1.29 is 9.59 Å². The second-order valence-corrected chi connectivity index (χ2v) is 3.61. The highest BCUT2D eigenvalue weighted by atomic mass is 32.1. The van der Waals surface area contributed by atoms with Gasteiger partial charge in [-0.2, -0.15) is 25.3 Å². The van der Waals surface area contributed by atoms with Gasteiger partial charge in [-0.1, -0.05) is 0 Å². The van der Waals surface area contributed by atoms with Crippen LogP contribution in [-0.4, -0.2) is 49.5 Å². The van der Waals surface area contributed by atoms with Gasteiger partial charge in [-0.3, -0.25) is 9.59 Å². The minimum atomic E-state index is -0.610. The molecule has 0 saturated heterocycles. The van der Waals surface area contributed by atoms with Gasteiger partial charge in [0, 0.05) is 18.6 Å². The molecule has 0 radical (unpaired) electrons. The fraction of sp³-hybridized carbons (Fsp3) is 0.750. The van der Waals surface area contributed by atoms with Crippen molar-refractivity contribution in [2.24, 2.45) is 0 Å². The van der Waals surface area contributed by atoms with E-state index in [1.54, 1.807) is 7.05 Å². The quantitative estimate of drug-likeness (QED) is 0.380. The van der Waals surface area contributed by atoms with Gasteiger partial charge in [0.1, 0.15) is 6.04 Å². The van der Waals surface area contributed by atoms with Crippen molar-refractivity contribution in [1.82, 2.24) is 16.0 Å². The van der Waals surface area contributed by atoms with E-state index in [0.717, 1.165) is 0 Å². The molecule has 0 heterocycles. The fourth-order valence-corrected chi connectivity index (χ4v) is 1.55. The van der Waals surface area contributed by atoms with Crippen molar-refractivity contribution in [3.63, 3.8) is 0 Å². The van der Waals surface area contributed by atoms with Crippen molar-refractivity contribution in [1.29, 1.82) is 0 Å². The number of thiol groups is 2. The van der Waals surface area contributed by atoms with E-state index in [2.05, 4.69) is 41.2 Å². The topological polar surface area (TPSA) is 70.2 Å². The molecule has 0 spiro atoms. The lowest BCUT2D eigenvalue weighted by atomic mass is 10.2. The minimum absolute atomic E-state index is 0.254. The van der Waals surface area contributed by atoms with Gasteiger partial charge < -0.3 is 16.0 Å². The maximum absolute atomic E-state index is 11.6. The first kappa shape index (κ1) is 14.6. The predicted octanol–water partition coefficient (Wildman–Crippen LogP) is -1.34. The Hall–Kier alpha value is -0.400. The van der Waals surface area contributed by atoms with Gasteiger partial charge in [-0.15, -0.1) is 0 Å². The number of carbonyl (C=O) groups is 2. The van der Waals surface area contributed by atoms with E-state index < -0.39 is 12.1 Å². The number of hydrogen-bond acceptors (Lipinski definition) is 5. The van der Waals surface area contributed by atoms with Crippen molar-refractivity contribution in [3.8, 4) is 0 Å². The van der Waals surface area contributed by atoms with Gasteiger partial charge in [0.05, 0.1) is 6.04 Å². The highest BCUT2D eigenvalue weighted by Gasteiger charge is 2.21. The van der Waals surface area contributed by atoms with E-state index in [-0.39, 0.29) is 17.6 Å². The number of rotatable bonds is 6. The van der Waals surface area contributed by atoms with Crippen LogP contribution >= 0.6 is 25.3 Å². The average Bonchev–Trinajstić information content (AvgIpc) is 2.26. The zero-order chi connectivity index (χ0) is 11.8. The lowest BCUT2D eigenvalue weighted by Crippen LogP contribution is -2.53. The molecule has 0 saturated carbocycles. The van der Waals surface area contributed by atoms with Crippen LogP contribution < -0.4 is 16.0 Å². The summed E-state index contributed by atoms with van der Waals surface area (Å²) in [5.74, 6) is 0.117. The summed E-state index contributed by atoms with van der Waals surface area (Å²) in [4.78, 5) is 22.8. The van der Waals surface area contributed by atoms with E-state index in [0.29, 0.717) is 5.75 Å². The maximum Gasteiger partial charge on any atom is 0.243 e. The molecule has 15 heavy (non-hydrogen) atoms. The number of likely N-dealkylation sites (N-methyl/N-ethyl adjacent to an activating group) is 2. The van der Waals surface area contributed by atoms with Crippen LogP contribution in [0.2, 0.25) is 0 Å². The van der Waals surface area contributed by atoms with Crippen LogP contribution in [0, 0.1) is 0 Å². The van der Waals surface area contributed by atoms with Crippen LogP contribution in [0.1, 0.15) is 0 Å². The molecule has 0 aliphatic heterocycles. The van der Waals surface area contributed by atoms with Gasteiger partial charge in [-0.25, -0.2) is 0 Å². The Bertz CT molecular complexity index is 222. The Labute approximate surface area is 101 Å². The molecule has 3 N–H and O–H groups in total. The first-order valence-electron chi connectivity index (χ1n) is 4.51. The molecule has 0 bridgehead atoms. The summed E-state index contributed by atoms with van der Waals surface area (Å²) in [5.41, 5.74) is 0.